The van der Waals surface area contributed by atoms with E-state index in [1.807, 2.05) is 0 Å². The van der Waals surface area contributed by atoms with Crippen LogP contribution >= 0.6 is 0 Å². The molecule has 3 rings (SSSR count). The molecule has 7 nitrogen and oxygen atoms in total. The van der Waals surface area contributed by atoms with Crippen molar-refractivity contribution in [2.24, 2.45) is 5.73 Å². The molecule has 1 aliphatic rings. The lowest BCUT2D eigenvalue weighted by Crippen LogP contribution is -2.69. The van der Waals surface area contributed by atoms with Crippen LogP contribution in [0.5, 0.6) is 0 Å². The molecule has 1 saturated heterocycles. The van der Waals surface area contributed by atoms with E-state index in [2.05, 4.69) is 4.98 Å². The number of amides is 1. The highest BCUT2D eigenvalue weighted by molar-refractivity contribution is 5.69. The minimum atomic E-state index is -4.44. The summed E-state index contributed by atoms with van der Waals surface area (Å²) in [6, 6.07) is 8.15. The van der Waals surface area contributed by atoms with Crippen LogP contribution in [0.4, 0.5) is 23.7 Å². The molecule has 0 aliphatic carbocycles. The van der Waals surface area contributed by atoms with Crippen LogP contribution in [0.25, 0.3) is 11.3 Å². The second kappa shape index (κ2) is 7.70. The summed E-state index contributed by atoms with van der Waals surface area (Å²) in [5.41, 5.74) is 5.37. The molecular weight excluding hydrogens is 389 g/mol. The predicted molar refractivity (Wildman–Crippen MR) is 99.2 cm³/mol. The van der Waals surface area contributed by atoms with E-state index in [1.54, 1.807) is 17.0 Å². The first-order chi connectivity index (χ1) is 13.6. The SMILES string of the molecule is NC1(CC=O)CN(c2ccc(-c3cccc(C(F)(F)F)c3)nc2)CCN1C(=O)O. The monoisotopic (exact) mass is 408 g/mol. The minimum absolute atomic E-state index is 0.0859. The van der Waals surface area contributed by atoms with Gasteiger partial charge in [-0.2, -0.15) is 13.2 Å². The molecule has 0 bridgehead atoms. The van der Waals surface area contributed by atoms with E-state index in [0.29, 0.717) is 29.8 Å². The summed E-state index contributed by atoms with van der Waals surface area (Å²) in [6.45, 7) is 0.534. The van der Waals surface area contributed by atoms with E-state index >= 15 is 0 Å². The fraction of sp³-hybridized carbons (Fsp3) is 0.316. The summed E-state index contributed by atoms with van der Waals surface area (Å²) in [5.74, 6) is 0. The number of nitrogens with zero attached hydrogens (tertiary/aromatic N) is 3. The number of halogens is 3. The third-order valence-electron chi connectivity index (χ3n) is 4.86. The lowest BCUT2D eigenvalue weighted by molar-refractivity contribution is -0.137. The summed E-state index contributed by atoms with van der Waals surface area (Å²) in [5, 5.41) is 9.32. The number of nitrogens with two attached hydrogens (primary N) is 1. The van der Waals surface area contributed by atoms with Gasteiger partial charge in [-0.05, 0) is 24.3 Å². The second-order valence-electron chi connectivity index (χ2n) is 6.81. The Kier molecular flexibility index (Phi) is 5.47. The number of benzene rings is 1. The summed E-state index contributed by atoms with van der Waals surface area (Å²) < 4.78 is 38.7. The number of carbonyl (C=O) groups excluding carboxylic acids is 1. The van der Waals surface area contributed by atoms with Crippen LogP contribution in [0, 0.1) is 0 Å². The van der Waals surface area contributed by atoms with Crippen LogP contribution in [0.2, 0.25) is 0 Å². The molecule has 29 heavy (non-hydrogen) atoms. The molecule has 2 aromatic rings. The van der Waals surface area contributed by atoms with Gasteiger partial charge in [0.2, 0.25) is 0 Å². The minimum Gasteiger partial charge on any atom is -0.465 e. The van der Waals surface area contributed by atoms with Gasteiger partial charge >= 0.3 is 12.3 Å². The molecule has 3 N–H and O–H groups in total. The van der Waals surface area contributed by atoms with Crippen molar-refractivity contribution in [1.82, 2.24) is 9.88 Å². The second-order valence-corrected chi connectivity index (χ2v) is 6.81. The average molecular weight is 408 g/mol. The fourth-order valence-corrected chi connectivity index (χ4v) is 3.36. The number of rotatable bonds is 4. The van der Waals surface area contributed by atoms with Gasteiger partial charge in [0.1, 0.15) is 11.9 Å². The summed E-state index contributed by atoms with van der Waals surface area (Å²) in [4.78, 5) is 29.5. The Morgan fingerprint density at radius 3 is 2.62 bits per heavy atom. The third kappa shape index (κ3) is 4.32. The van der Waals surface area contributed by atoms with Crippen molar-refractivity contribution in [3.8, 4) is 11.3 Å². The van der Waals surface area contributed by atoms with Gasteiger partial charge in [0, 0.05) is 25.1 Å². The zero-order valence-corrected chi connectivity index (χ0v) is 15.3. The molecule has 0 radical (unpaired) electrons. The van der Waals surface area contributed by atoms with Gasteiger partial charge < -0.3 is 20.5 Å². The average Bonchev–Trinajstić information content (AvgIpc) is 2.67. The molecule has 10 heteroatoms. The molecular formula is C19H19F3N4O3. The van der Waals surface area contributed by atoms with Crippen LogP contribution in [-0.4, -0.2) is 52.7 Å². The number of aldehydes is 1. The largest absolute Gasteiger partial charge is 0.465 e. The summed E-state index contributed by atoms with van der Waals surface area (Å²) in [6.07, 6.45) is -3.73. The number of carboxylic acid groups (broad SMARTS) is 1. The Hall–Kier alpha value is -3.14. The topological polar surface area (TPSA) is 99.8 Å². The van der Waals surface area contributed by atoms with Crippen LogP contribution in [-0.2, 0) is 11.0 Å². The predicted octanol–water partition coefficient (Wildman–Crippen LogP) is 2.81. The lowest BCUT2D eigenvalue weighted by atomic mass is 10.0. The number of anilines is 1. The highest BCUT2D eigenvalue weighted by atomic mass is 19.4. The van der Waals surface area contributed by atoms with Gasteiger partial charge in [-0.3, -0.25) is 9.88 Å². The highest BCUT2D eigenvalue weighted by Crippen LogP contribution is 2.32. The Labute approximate surface area is 164 Å². The van der Waals surface area contributed by atoms with E-state index < -0.39 is 23.5 Å². The van der Waals surface area contributed by atoms with E-state index in [1.165, 1.54) is 18.3 Å². The van der Waals surface area contributed by atoms with Crippen LogP contribution in [0.15, 0.2) is 42.6 Å². The van der Waals surface area contributed by atoms with Crippen LogP contribution in [0.1, 0.15) is 12.0 Å². The molecule has 1 aliphatic heterocycles. The number of pyridine rings is 1. The Morgan fingerprint density at radius 2 is 2.03 bits per heavy atom. The maximum Gasteiger partial charge on any atom is 0.416 e. The van der Waals surface area contributed by atoms with Crippen molar-refractivity contribution >= 4 is 18.1 Å². The third-order valence-corrected chi connectivity index (χ3v) is 4.86. The van der Waals surface area contributed by atoms with Crippen LogP contribution < -0.4 is 10.6 Å². The highest BCUT2D eigenvalue weighted by Gasteiger charge is 2.41. The molecule has 154 valence electrons. The van der Waals surface area contributed by atoms with Crippen molar-refractivity contribution in [1.29, 1.82) is 0 Å². The molecule has 1 unspecified atom stereocenters. The van der Waals surface area contributed by atoms with Crippen molar-refractivity contribution < 1.29 is 27.9 Å². The molecule has 2 heterocycles. The Morgan fingerprint density at radius 1 is 1.28 bits per heavy atom. The first-order valence-electron chi connectivity index (χ1n) is 8.76. The van der Waals surface area contributed by atoms with Gasteiger partial charge in [0.05, 0.1) is 29.7 Å². The molecule has 0 saturated carbocycles. The van der Waals surface area contributed by atoms with Gasteiger partial charge in [0.25, 0.3) is 0 Å². The van der Waals surface area contributed by atoms with Gasteiger partial charge in [-0.1, -0.05) is 12.1 Å². The number of carbonyl (C=O) groups is 2. The molecule has 1 amide bonds. The quantitative estimate of drug-likeness (QED) is 0.755. The smallest absolute Gasteiger partial charge is 0.416 e. The molecule has 0 spiro atoms. The number of hydrogen-bond acceptors (Lipinski definition) is 5. The van der Waals surface area contributed by atoms with Gasteiger partial charge in [-0.15, -0.1) is 0 Å². The van der Waals surface area contributed by atoms with E-state index in [-0.39, 0.29) is 19.5 Å². The maximum absolute atomic E-state index is 12.9. The summed E-state index contributed by atoms with van der Waals surface area (Å²) in [7, 11) is 0. The Bertz CT molecular complexity index is 904. The molecule has 1 aromatic heterocycles. The first kappa shape index (κ1) is 20.6. The maximum atomic E-state index is 12.9. The summed E-state index contributed by atoms with van der Waals surface area (Å²) >= 11 is 0. The number of piperazine rings is 1. The number of alkyl halides is 3. The zero-order valence-electron chi connectivity index (χ0n) is 15.3. The van der Waals surface area contributed by atoms with Crippen molar-refractivity contribution in [3.05, 3.63) is 48.2 Å². The Balaban J connectivity index is 1.82. The fourth-order valence-electron chi connectivity index (χ4n) is 3.36. The van der Waals surface area contributed by atoms with E-state index in [4.69, 9.17) is 5.73 Å². The standard InChI is InChI=1S/C19H19F3N4O3/c20-19(21,22)14-3-1-2-13(10-14)16-5-4-15(11-24-16)25-7-8-26(17(28)29)18(23,12-25)6-9-27/h1-5,9-11H,6-8,12,23H2,(H,28,29). The normalized spacial score (nSPS) is 19.9. The van der Waals surface area contributed by atoms with Gasteiger partial charge in [-0.25, -0.2) is 4.79 Å². The van der Waals surface area contributed by atoms with E-state index in [0.717, 1.165) is 17.0 Å². The lowest BCUT2D eigenvalue weighted by Gasteiger charge is -2.47. The molecule has 1 atom stereocenters. The van der Waals surface area contributed by atoms with E-state index in [9.17, 15) is 27.9 Å². The zero-order chi connectivity index (χ0) is 21.2. The number of aromatic nitrogens is 1. The number of hydrogen-bond donors (Lipinski definition) is 2. The van der Waals surface area contributed by atoms with Crippen molar-refractivity contribution in [3.63, 3.8) is 0 Å². The van der Waals surface area contributed by atoms with Crippen molar-refractivity contribution in [2.75, 3.05) is 24.5 Å². The molecule has 1 fully saturated rings. The molecule has 1 aromatic carbocycles. The van der Waals surface area contributed by atoms with Crippen LogP contribution in [0.3, 0.4) is 0 Å². The first-order valence-corrected chi connectivity index (χ1v) is 8.76. The van der Waals surface area contributed by atoms with Crippen molar-refractivity contribution in [2.45, 2.75) is 18.3 Å². The van der Waals surface area contributed by atoms with Gasteiger partial charge in [0.15, 0.2) is 0 Å².